The second-order valence-corrected chi connectivity index (χ2v) is 3.95. The smallest absolute Gasteiger partial charge is 0.296 e. The number of hydrogen-bond acceptors (Lipinski definition) is 5. The van der Waals surface area contributed by atoms with Crippen molar-refractivity contribution in [3.8, 4) is 17.1 Å². The van der Waals surface area contributed by atoms with Crippen LogP contribution in [0.3, 0.4) is 0 Å². The van der Waals surface area contributed by atoms with Gasteiger partial charge in [-0.15, -0.1) is 0 Å². The van der Waals surface area contributed by atoms with Crippen LogP contribution in [0.1, 0.15) is 0 Å². The zero-order valence-electron chi connectivity index (χ0n) is 9.50. The van der Waals surface area contributed by atoms with Crippen molar-refractivity contribution >= 4 is 0 Å². The fraction of sp³-hybridized carbons (Fsp3) is 0.250. The Bertz CT molecular complexity index is 593. The van der Waals surface area contributed by atoms with E-state index in [1.165, 1.54) is 6.20 Å². The maximum absolute atomic E-state index is 11.9. The van der Waals surface area contributed by atoms with Crippen LogP contribution < -0.4 is 10.3 Å². The van der Waals surface area contributed by atoms with Gasteiger partial charge >= 0.3 is 0 Å². The molecule has 6 heteroatoms. The number of nitrogens with zero attached hydrogens (tertiary/aromatic N) is 2. The summed E-state index contributed by atoms with van der Waals surface area (Å²) in [5, 5.41) is 0. The quantitative estimate of drug-likeness (QED) is 0.857. The molecule has 0 spiro atoms. The minimum Gasteiger partial charge on any atom is -0.457 e. The Kier molecular flexibility index (Phi) is 2.77. The molecule has 0 amide bonds. The van der Waals surface area contributed by atoms with E-state index in [9.17, 15) is 4.79 Å². The molecular weight excluding hydrogens is 234 g/mol. The van der Waals surface area contributed by atoms with Crippen molar-refractivity contribution < 1.29 is 9.47 Å². The molecule has 0 aromatic carbocycles. The molecule has 6 nitrogen and oxygen atoms in total. The maximum atomic E-state index is 11.9. The Morgan fingerprint density at radius 1 is 1.39 bits per heavy atom. The normalized spacial score (nSPS) is 15.1. The van der Waals surface area contributed by atoms with E-state index < -0.39 is 0 Å². The van der Waals surface area contributed by atoms with E-state index in [1.807, 2.05) is 0 Å². The van der Waals surface area contributed by atoms with Crippen molar-refractivity contribution in [3.05, 3.63) is 41.1 Å². The molecule has 0 saturated carbocycles. The van der Waals surface area contributed by atoms with E-state index in [0.29, 0.717) is 18.8 Å². The molecule has 1 N–H and O–H groups in total. The molecule has 1 aliphatic heterocycles. The fourth-order valence-corrected chi connectivity index (χ4v) is 1.61. The van der Waals surface area contributed by atoms with Gasteiger partial charge in [-0.05, 0) is 6.07 Å². The van der Waals surface area contributed by atoms with Gasteiger partial charge in [0.25, 0.3) is 11.6 Å². The SMILES string of the molecule is O=c1[nH]c(OC2COC2)ncc1-c1cccnc1. The molecule has 18 heavy (non-hydrogen) atoms. The average molecular weight is 245 g/mol. The molecule has 1 saturated heterocycles. The summed E-state index contributed by atoms with van der Waals surface area (Å²) in [5.74, 6) is 0. The summed E-state index contributed by atoms with van der Waals surface area (Å²) in [6.07, 6.45) is 4.74. The maximum Gasteiger partial charge on any atom is 0.296 e. The van der Waals surface area contributed by atoms with Gasteiger partial charge in [-0.25, -0.2) is 4.98 Å². The first-order chi connectivity index (χ1) is 8.83. The molecule has 3 rings (SSSR count). The van der Waals surface area contributed by atoms with Crippen LogP contribution in [0, 0.1) is 0 Å². The average Bonchev–Trinajstić information content (AvgIpc) is 2.35. The molecule has 0 unspecified atom stereocenters. The second kappa shape index (κ2) is 4.58. The van der Waals surface area contributed by atoms with Crippen molar-refractivity contribution in [2.45, 2.75) is 6.10 Å². The van der Waals surface area contributed by atoms with Crippen molar-refractivity contribution in [2.24, 2.45) is 0 Å². The summed E-state index contributed by atoms with van der Waals surface area (Å²) in [6.45, 7) is 1.07. The van der Waals surface area contributed by atoms with Crippen LogP contribution in [0.25, 0.3) is 11.1 Å². The predicted octanol–water partition coefficient (Wildman–Crippen LogP) is 0.609. The molecule has 0 bridgehead atoms. The molecule has 0 radical (unpaired) electrons. The monoisotopic (exact) mass is 245 g/mol. The van der Waals surface area contributed by atoms with Gasteiger partial charge in [-0.3, -0.25) is 14.8 Å². The first-order valence-corrected chi connectivity index (χ1v) is 5.57. The van der Waals surface area contributed by atoms with Crippen molar-refractivity contribution in [1.82, 2.24) is 15.0 Å². The highest BCUT2D eigenvalue weighted by Crippen LogP contribution is 2.14. The van der Waals surface area contributed by atoms with Crippen molar-refractivity contribution in [1.29, 1.82) is 0 Å². The van der Waals surface area contributed by atoms with Crippen LogP contribution in [0.2, 0.25) is 0 Å². The lowest BCUT2D eigenvalue weighted by molar-refractivity contribution is -0.0832. The minimum absolute atomic E-state index is 0.0163. The van der Waals surface area contributed by atoms with Crippen molar-refractivity contribution in [2.75, 3.05) is 13.2 Å². The molecule has 3 heterocycles. The molecule has 92 valence electrons. The Labute approximate surface area is 103 Å². The third kappa shape index (κ3) is 2.10. The third-order valence-electron chi connectivity index (χ3n) is 2.63. The first-order valence-electron chi connectivity index (χ1n) is 5.57. The summed E-state index contributed by atoms with van der Waals surface area (Å²) in [5.41, 5.74) is 0.957. The van der Waals surface area contributed by atoms with Crippen LogP contribution in [0.4, 0.5) is 0 Å². The first kappa shape index (κ1) is 10.9. The zero-order chi connectivity index (χ0) is 12.4. The van der Waals surface area contributed by atoms with Crippen LogP contribution in [0.15, 0.2) is 35.5 Å². The summed E-state index contributed by atoms with van der Waals surface area (Å²) >= 11 is 0. The molecular formula is C12H11N3O3. The number of ether oxygens (including phenoxy) is 2. The van der Waals surface area contributed by atoms with Crippen LogP contribution in [-0.4, -0.2) is 34.3 Å². The van der Waals surface area contributed by atoms with Gasteiger partial charge in [-0.2, -0.15) is 0 Å². The van der Waals surface area contributed by atoms with E-state index in [0.717, 1.165) is 5.56 Å². The molecule has 2 aromatic rings. The van der Waals surface area contributed by atoms with E-state index in [2.05, 4.69) is 15.0 Å². The second-order valence-electron chi connectivity index (χ2n) is 3.95. The van der Waals surface area contributed by atoms with Gasteiger partial charge in [-0.1, -0.05) is 6.07 Å². The van der Waals surface area contributed by atoms with Crippen LogP contribution >= 0.6 is 0 Å². The van der Waals surface area contributed by atoms with Gasteiger partial charge in [0.2, 0.25) is 0 Å². The van der Waals surface area contributed by atoms with Crippen molar-refractivity contribution in [3.63, 3.8) is 0 Å². The predicted molar refractivity (Wildman–Crippen MR) is 63.3 cm³/mol. The van der Waals surface area contributed by atoms with Crippen LogP contribution in [-0.2, 0) is 4.74 Å². The summed E-state index contributed by atoms with van der Waals surface area (Å²) in [4.78, 5) is 22.5. The third-order valence-corrected chi connectivity index (χ3v) is 2.63. The molecule has 0 aliphatic carbocycles. The lowest BCUT2D eigenvalue weighted by Crippen LogP contribution is -2.39. The zero-order valence-corrected chi connectivity index (χ0v) is 9.50. The Balaban J connectivity index is 1.87. The van der Waals surface area contributed by atoms with E-state index in [-0.39, 0.29) is 17.7 Å². The number of pyridine rings is 1. The molecule has 1 aliphatic rings. The minimum atomic E-state index is -0.242. The number of aromatic nitrogens is 3. The highest BCUT2D eigenvalue weighted by molar-refractivity contribution is 5.59. The largest absolute Gasteiger partial charge is 0.457 e. The number of H-pyrrole nitrogens is 1. The van der Waals surface area contributed by atoms with Gasteiger partial charge in [0, 0.05) is 24.2 Å². The molecule has 2 aromatic heterocycles. The molecule has 1 fully saturated rings. The highest BCUT2D eigenvalue weighted by Gasteiger charge is 2.21. The number of rotatable bonds is 3. The standard InChI is InChI=1S/C12H11N3O3/c16-11-10(8-2-1-3-13-4-8)5-14-12(15-11)18-9-6-17-7-9/h1-5,9H,6-7H2,(H,14,15,16). The number of aromatic amines is 1. The van der Waals surface area contributed by atoms with E-state index in [1.54, 1.807) is 24.5 Å². The Morgan fingerprint density at radius 2 is 2.28 bits per heavy atom. The van der Waals surface area contributed by atoms with E-state index in [4.69, 9.17) is 9.47 Å². The van der Waals surface area contributed by atoms with Gasteiger partial charge in [0.05, 0.1) is 18.8 Å². The fourth-order valence-electron chi connectivity index (χ4n) is 1.61. The van der Waals surface area contributed by atoms with E-state index >= 15 is 0 Å². The van der Waals surface area contributed by atoms with Gasteiger partial charge < -0.3 is 9.47 Å². The lowest BCUT2D eigenvalue weighted by Gasteiger charge is -2.25. The lowest BCUT2D eigenvalue weighted by atomic mass is 10.1. The summed E-state index contributed by atoms with van der Waals surface area (Å²) < 4.78 is 10.4. The Morgan fingerprint density at radius 3 is 2.89 bits per heavy atom. The summed E-state index contributed by atoms with van der Waals surface area (Å²) in [7, 11) is 0. The Hall–Kier alpha value is -2.21. The highest BCUT2D eigenvalue weighted by atomic mass is 16.6. The van der Waals surface area contributed by atoms with Crippen LogP contribution in [0.5, 0.6) is 6.01 Å². The summed E-state index contributed by atoms with van der Waals surface area (Å²) in [6, 6.07) is 3.80. The van der Waals surface area contributed by atoms with Gasteiger partial charge in [0.15, 0.2) is 0 Å². The number of hydrogen-bond donors (Lipinski definition) is 1. The molecule has 0 atom stereocenters. The number of nitrogens with one attached hydrogen (secondary N) is 1. The topological polar surface area (TPSA) is 77.1 Å². The van der Waals surface area contributed by atoms with Gasteiger partial charge in [0.1, 0.15) is 6.10 Å².